The zero-order valence-corrected chi connectivity index (χ0v) is 12.6. The molecule has 6 heteroatoms. The molecule has 1 heterocycles. The van der Waals surface area contributed by atoms with Gasteiger partial charge in [-0.05, 0) is 38.1 Å². The van der Waals surface area contributed by atoms with Crippen molar-refractivity contribution in [2.45, 2.75) is 13.8 Å². The van der Waals surface area contributed by atoms with Crippen molar-refractivity contribution in [3.8, 4) is 11.5 Å². The number of aromatic nitrogens is 2. The minimum Gasteiger partial charge on any atom is -0.403 e. The summed E-state index contributed by atoms with van der Waals surface area (Å²) < 4.78 is 19.0. The first kappa shape index (κ1) is 14.9. The third-order valence-corrected chi connectivity index (χ3v) is 3.23. The first-order valence-electron chi connectivity index (χ1n) is 7.01. The fourth-order valence-corrected chi connectivity index (χ4v) is 2.30. The van der Waals surface area contributed by atoms with E-state index in [4.69, 9.17) is 4.42 Å². The zero-order chi connectivity index (χ0) is 16.4. The SMILES string of the molecule is Cc1cc(C)cc(-c2nnc(NC(=O)c3ccccc3F)o2)c1. The van der Waals surface area contributed by atoms with E-state index in [1.807, 2.05) is 32.0 Å². The van der Waals surface area contributed by atoms with E-state index in [0.29, 0.717) is 5.89 Å². The molecule has 0 fully saturated rings. The lowest BCUT2D eigenvalue weighted by molar-refractivity contribution is 0.102. The lowest BCUT2D eigenvalue weighted by Gasteiger charge is -2.02. The van der Waals surface area contributed by atoms with Crippen LogP contribution in [0.15, 0.2) is 46.9 Å². The van der Waals surface area contributed by atoms with Crippen LogP contribution in [0.2, 0.25) is 0 Å². The van der Waals surface area contributed by atoms with Crippen molar-refractivity contribution in [1.29, 1.82) is 0 Å². The van der Waals surface area contributed by atoms with Crippen LogP contribution >= 0.6 is 0 Å². The first-order chi connectivity index (χ1) is 11.0. The third-order valence-electron chi connectivity index (χ3n) is 3.23. The quantitative estimate of drug-likeness (QED) is 0.800. The predicted molar refractivity (Wildman–Crippen MR) is 83.6 cm³/mol. The number of rotatable bonds is 3. The maximum absolute atomic E-state index is 13.6. The van der Waals surface area contributed by atoms with Gasteiger partial charge in [0, 0.05) is 5.56 Å². The summed E-state index contributed by atoms with van der Waals surface area (Å²) in [5, 5.41) is 10.1. The van der Waals surface area contributed by atoms with Crippen molar-refractivity contribution in [1.82, 2.24) is 10.2 Å². The summed E-state index contributed by atoms with van der Waals surface area (Å²) in [6.07, 6.45) is 0. The maximum atomic E-state index is 13.6. The van der Waals surface area contributed by atoms with Crippen LogP contribution in [0.1, 0.15) is 21.5 Å². The van der Waals surface area contributed by atoms with Gasteiger partial charge in [-0.25, -0.2) is 4.39 Å². The summed E-state index contributed by atoms with van der Waals surface area (Å²) in [5.41, 5.74) is 2.81. The Morgan fingerprint density at radius 1 is 1.09 bits per heavy atom. The van der Waals surface area contributed by atoms with Crippen LogP contribution in [-0.4, -0.2) is 16.1 Å². The molecular formula is C17H14FN3O2. The van der Waals surface area contributed by atoms with Gasteiger partial charge in [0.25, 0.3) is 5.91 Å². The molecule has 0 spiro atoms. The molecule has 23 heavy (non-hydrogen) atoms. The van der Waals surface area contributed by atoms with Crippen LogP contribution in [0.5, 0.6) is 0 Å². The van der Waals surface area contributed by atoms with E-state index in [9.17, 15) is 9.18 Å². The Balaban J connectivity index is 1.82. The molecule has 0 aliphatic rings. The van der Waals surface area contributed by atoms with Crippen molar-refractivity contribution in [2.24, 2.45) is 0 Å². The van der Waals surface area contributed by atoms with Gasteiger partial charge < -0.3 is 4.42 Å². The number of halogens is 1. The topological polar surface area (TPSA) is 68.0 Å². The Hall–Kier alpha value is -3.02. The van der Waals surface area contributed by atoms with E-state index in [0.717, 1.165) is 16.7 Å². The molecule has 0 saturated carbocycles. The number of aryl methyl sites for hydroxylation is 2. The third kappa shape index (κ3) is 3.26. The largest absolute Gasteiger partial charge is 0.403 e. The van der Waals surface area contributed by atoms with E-state index >= 15 is 0 Å². The average molecular weight is 311 g/mol. The molecule has 0 radical (unpaired) electrons. The number of amides is 1. The second-order valence-electron chi connectivity index (χ2n) is 5.22. The molecular weight excluding hydrogens is 297 g/mol. The monoisotopic (exact) mass is 311 g/mol. The molecule has 1 N–H and O–H groups in total. The fraction of sp³-hybridized carbons (Fsp3) is 0.118. The highest BCUT2D eigenvalue weighted by molar-refractivity contribution is 6.03. The number of nitrogens with zero attached hydrogens (tertiary/aromatic N) is 2. The summed E-state index contributed by atoms with van der Waals surface area (Å²) in [4.78, 5) is 12.0. The standard InChI is InChI=1S/C17H14FN3O2/c1-10-7-11(2)9-12(8-10)16-20-21-17(23-16)19-15(22)13-5-3-4-6-14(13)18/h3-9H,1-2H3,(H,19,21,22). The lowest BCUT2D eigenvalue weighted by atomic mass is 10.1. The first-order valence-corrected chi connectivity index (χ1v) is 7.01. The molecule has 0 aliphatic carbocycles. The summed E-state index contributed by atoms with van der Waals surface area (Å²) in [5.74, 6) is -0.960. The molecule has 0 saturated heterocycles. The average Bonchev–Trinajstić information content (AvgIpc) is 2.95. The van der Waals surface area contributed by atoms with Crippen molar-refractivity contribution >= 4 is 11.9 Å². The Kier molecular flexibility index (Phi) is 3.89. The van der Waals surface area contributed by atoms with Gasteiger partial charge in [-0.3, -0.25) is 10.1 Å². The highest BCUT2D eigenvalue weighted by Crippen LogP contribution is 2.22. The van der Waals surface area contributed by atoms with E-state index in [1.54, 1.807) is 6.07 Å². The summed E-state index contributed by atoms with van der Waals surface area (Å²) in [6.45, 7) is 3.93. The van der Waals surface area contributed by atoms with Crippen LogP contribution in [0.25, 0.3) is 11.5 Å². The Morgan fingerprint density at radius 3 is 2.48 bits per heavy atom. The fourth-order valence-electron chi connectivity index (χ4n) is 2.30. The molecule has 1 aromatic heterocycles. The van der Waals surface area contributed by atoms with Crippen LogP contribution in [0.3, 0.4) is 0 Å². The number of hydrogen-bond donors (Lipinski definition) is 1. The van der Waals surface area contributed by atoms with E-state index < -0.39 is 11.7 Å². The van der Waals surface area contributed by atoms with Gasteiger partial charge in [-0.15, -0.1) is 5.10 Å². The van der Waals surface area contributed by atoms with Crippen LogP contribution in [0.4, 0.5) is 10.4 Å². The second kappa shape index (κ2) is 6.00. The number of nitrogens with one attached hydrogen (secondary N) is 1. The van der Waals surface area contributed by atoms with Gasteiger partial charge in [0.2, 0.25) is 5.89 Å². The van der Waals surface area contributed by atoms with Crippen molar-refractivity contribution in [3.05, 3.63) is 65.0 Å². The van der Waals surface area contributed by atoms with E-state index in [1.165, 1.54) is 18.2 Å². The van der Waals surface area contributed by atoms with Crippen molar-refractivity contribution in [3.63, 3.8) is 0 Å². The molecule has 0 unspecified atom stereocenters. The summed E-state index contributed by atoms with van der Waals surface area (Å²) in [6, 6.07) is 11.4. The minimum atomic E-state index is -0.640. The molecule has 3 aromatic rings. The molecule has 0 aliphatic heterocycles. The van der Waals surface area contributed by atoms with Crippen molar-refractivity contribution in [2.75, 3.05) is 5.32 Å². The van der Waals surface area contributed by atoms with Gasteiger partial charge in [-0.2, -0.15) is 0 Å². The van der Waals surface area contributed by atoms with Gasteiger partial charge in [0.15, 0.2) is 0 Å². The molecule has 0 atom stereocenters. The summed E-state index contributed by atoms with van der Waals surface area (Å²) >= 11 is 0. The number of benzene rings is 2. The Bertz CT molecular complexity index is 854. The second-order valence-corrected chi connectivity index (χ2v) is 5.22. The molecule has 0 bridgehead atoms. The molecule has 1 amide bonds. The van der Waals surface area contributed by atoms with Crippen LogP contribution in [-0.2, 0) is 0 Å². The Labute approximate surface area is 132 Å². The number of hydrogen-bond acceptors (Lipinski definition) is 4. The van der Waals surface area contributed by atoms with Gasteiger partial charge in [0.1, 0.15) is 5.82 Å². The van der Waals surface area contributed by atoms with E-state index in [-0.39, 0.29) is 11.6 Å². The minimum absolute atomic E-state index is 0.0765. The predicted octanol–water partition coefficient (Wildman–Crippen LogP) is 3.74. The molecule has 2 aromatic carbocycles. The maximum Gasteiger partial charge on any atom is 0.322 e. The van der Waals surface area contributed by atoms with Gasteiger partial charge in [-0.1, -0.05) is 34.4 Å². The smallest absolute Gasteiger partial charge is 0.322 e. The molecule has 116 valence electrons. The van der Waals surface area contributed by atoms with Gasteiger partial charge >= 0.3 is 6.01 Å². The lowest BCUT2D eigenvalue weighted by Crippen LogP contribution is -2.13. The number of carbonyl (C=O) groups excluding carboxylic acids is 1. The normalized spacial score (nSPS) is 10.6. The van der Waals surface area contributed by atoms with Crippen LogP contribution < -0.4 is 5.32 Å². The summed E-state index contributed by atoms with van der Waals surface area (Å²) in [7, 11) is 0. The number of anilines is 1. The number of carbonyl (C=O) groups is 1. The van der Waals surface area contributed by atoms with Gasteiger partial charge in [0.05, 0.1) is 5.56 Å². The molecule has 3 rings (SSSR count). The van der Waals surface area contributed by atoms with Crippen molar-refractivity contribution < 1.29 is 13.6 Å². The molecule has 5 nitrogen and oxygen atoms in total. The zero-order valence-electron chi connectivity index (χ0n) is 12.6. The highest BCUT2D eigenvalue weighted by atomic mass is 19.1. The Morgan fingerprint density at radius 2 is 1.78 bits per heavy atom. The highest BCUT2D eigenvalue weighted by Gasteiger charge is 2.15. The van der Waals surface area contributed by atoms with E-state index in [2.05, 4.69) is 15.5 Å². The van der Waals surface area contributed by atoms with Crippen LogP contribution in [0, 0.1) is 19.7 Å².